The van der Waals surface area contributed by atoms with Crippen molar-refractivity contribution >= 4 is 11.7 Å². The van der Waals surface area contributed by atoms with Crippen LogP contribution in [-0.4, -0.2) is 48.0 Å². The van der Waals surface area contributed by atoms with Crippen LogP contribution < -0.4 is 17.3 Å². The van der Waals surface area contributed by atoms with Gasteiger partial charge in [-0.15, -0.1) is 0 Å². The number of rotatable bonds is 7. The monoisotopic (exact) mass is 389 g/mol. The molecule has 7 heteroatoms. The first-order valence-corrected chi connectivity index (χ1v) is 8.97. The SMILES string of the molecule is O=C(O)C1CCC[NH+](CCO/N=C(\c2ccccc2)c2ccccn2)C1.[Cl-]. The van der Waals surface area contributed by atoms with E-state index in [4.69, 9.17) is 4.84 Å². The molecule has 0 amide bonds. The lowest BCUT2D eigenvalue weighted by atomic mass is 9.98. The summed E-state index contributed by atoms with van der Waals surface area (Å²) in [6.07, 6.45) is 3.45. The summed E-state index contributed by atoms with van der Waals surface area (Å²) in [5, 5.41) is 13.5. The molecule has 2 aromatic rings. The predicted molar refractivity (Wildman–Crippen MR) is 98.2 cm³/mol. The molecule has 1 aromatic heterocycles. The van der Waals surface area contributed by atoms with Gasteiger partial charge >= 0.3 is 5.97 Å². The Bertz CT molecular complexity index is 699. The van der Waals surface area contributed by atoms with Crippen molar-refractivity contribution in [3.8, 4) is 0 Å². The maximum Gasteiger partial charge on any atom is 0.312 e. The average Bonchev–Trinajstić information content (AvgIpc) is 2.69. The molecule has 0 spiro atoms. The zero-order valence-corrected chi connectivity index (χ0v) is 15.8. The number of hydrogen-bond donors (Lipinski definition) is 2. The molecule has 0 saturated carbocycles. The molecule has 2 heterocycles. The van der Waals surface area contributed by atoms with E-state index < -0.39 is 5.97 Å². The zero-order chi connectivity index (χ0) is 18.2. The highest BCUT2D eigenvalue weighted by Gasteiger charge is 2.28. The van der Waals surface area contributed by atoms with E-state index >= 15 is 0 Å². The number of aromatic nitrogens is 1. The van der Waals surface area contributed by atoms with Crippen molar-refractivity contribution in [1.29, 1.82) is 0 Å². The van der Waals surface area contributed by atoms with Gasteiger partial charge in [-0.3, -0.25) is 9.78 Å². The van der Waals surface area contributed by atoms with Gasteiger partial charge in [0.15, 0.2) is 6.61 Å². The van der Waals surface area contributed by atoms with Gasteiger partial charge in [-0.1, -0.05) is 41.6 Å². The largest absolute Gasteiger partial charge is 1.00 e. The molecule has 1 aromatic carbocycles. The molecule has 2 N–H and O–H groups in total. The van der Waals surface area contributed by atoms with E-state index in [2.05, 4.69) is 10.1 Å². The average molecular weight is 390 g/mol. The van der Waals surface area contributed by atoms with E-state index in [0.717, 1.165) is 37.2 Å². The van der Waals surface area contributed by atoms with Crippen molar-refractivity contribution in [3.63, 3.8) is 0 Å². The molecule has 1 aliphatic rings. The zero-order valence-electron chi connectivity index (χ0n) is 15.1. The van der Waals surface area contributed by atoms with Gasteiger partial charge < -0.3 is 27.3 Å². The minimum atomic E-state index is -0.692. The molecule has 2 atom stereocenters. The van der Waals surface area contributed by atoms with Gasteiger partial charge in [-0.05, 0) is 25.0 Å². The van der Waals surface area contributed by atoms with Crippen LogP contribution in [0.15, 0.2) is 59.9 Å². The van der Waals surface area contributed by atoms with Crippen LogP contribution in [0.25, 0.3) is 0 Å². The number of carbonyl (C=O) groups is 1. The van der Waals surface area contributed by atoms with Crippen molar-refractivity contribution < 1.29 is 32.0 Å². The highest BCUT2D eigenvalue weighted by molar-refractivity contribution is 6.11. The first-order valence-electron chi connectivity index (χ1n) is 8.97. The van der Waals surface area contributed by atoms with Crippen LogP contribution in [0.4, 0.5) is 0 Å². The minimum absolute atomic E-state index is 0. The van der Waals surface area contributed by atoms with Crippen LogP contribution in [0, 0.1) is 5.92 Å². The summed E-state index contributed by atoms with van der Waals surface area (Å²) in [6, 6.07) is 15.5. The molecular weight excluding hydrogens is 366 g/mol. The Morgan fingerprint density at radius 3 is 2.70 bits per heavy atom. The summed E-state index contributed by atoms with van der Waals surface area (Å²) >= 11 is 0. The fourth-order valence-electron chi connectivity index (χ4n) is 3.24. The topological polar surface area (TPSA) is 76.2 Å². The van der Waals surface area contributed by atoms with Crippen molar-refractivity contribution in [2.24, 2.45) is 11.1 Å². The van der Waals surface area contributed by atoms with Crippen molar-refractivity contribution in [2.45, 2.75) is 12.8 Å². The molecule has 144 valence electrons. The highest BCUT2D eigenvalue weighted by atomic mass is 35.5. The molecule has 1 fully saturated rings. The van der Waals surface area contributed by atoms with Crippen LogP contribution in [-0.2, 0) is 9.63 Å². The van der Waals surface area contributed by atoms with Crippen molar-refractivity contribution in [3.05, 3.63) is 66.0 Å². The fraction of sp³-hybridized carbons (Fsp3) is 0.350. The van der Waals surface area contributed by atoms with Crippen LogP contribution in [0.5, 0.6) is 0 Å². The van der Waals surface area contributed by atoms with Crippen LogP contribution in [0.1, 0.15) is 24.1 Å². The number of piperidine rings is 1. The van der Waals surface area contributed by atoms with Crippen molar-refractivity contribution in [2.75, 3.05) is 26.2 Å². The standard InChI is InChI=1S/C20H23N3O3.ClH/c24-20(25)17-9-6-12-23(15-17)13-14-26-22-19(16-7-2-1-3-8-16)18-10-4-5-11-21-18;/h1-5,7-8,10-11,17H,6,9,12-15H2,(H,24,25);1H/b22-19+;. The summed E-state index contributed by atoms with van der Waals surface area (Å²) < 4.78 is 0. The first kappa shape index (κ1) is 20.9. The molecule has 3 rings (SSSR count). The number of oxime groups is 1. The second kappa shape index (κ2) is 10.6. The van der Waals surface area contributed by atoms with E-state index in [-0.39, 0.29) is 18.3 Å². The second-order valence-corrected chi connectivity index (χ2v) is 6.49. The lowest BCUT2D eigenvalue weighted by Crippen LogP contribution is -3.14. The molecule has 2 unspecified atom stereocenters. The quantitative estimate of drug-likeness (QED) is 0.334. The summed E-state index contributed by atoms with van der Waals surface area (Å²) in [5.74, 6) is -0.932. The summed E-state index contributed by atoms with van der Waals surface area (Å²) in [4.78, 5) is 22.4. The van der Waals surface area contributed by atoms with E-state index in [1.165, 1.54) is 4.90 Å². The van der Waals surface area contributed by atoms with Gasteiger partial charge in [0.05, 0.1) is 18.8 Å². The summed E-state index contributed by atoms with van der Waals surface area (Å²) in [6.45, 7) is 2.85. The maximum atomic E-state index is 11.2. The number of hydrogen-bond acceptors (Lipinski definition) is 4. The van der Waals surface area contributed by atoms with Crippen LogP contribution in [0.3, 0.4) is 0 Å². The van der Waals surface area contributed by atoms with Gasteiger partial charge in [0.2, 0.25) is 0 Å². The third kappa shape index (κ3) is 6.05. The highest BCUT2D eigenvalue weighted by Crippen LogP contribution is 2.09. The summed E-state index contributed by atoms with van der Waals surface area (Å²) in [7, 11) is 0. The molecule has 0 aliphatic carbocycles. The van der Waals surface area contributed by atoms with Gasteiger partial charge in [0.1, 0.15) is 18.2 Å². The molecular formula is C20H24ClN3O3. The number of likely N-dealkylation sites (tertiary alicyclic amines) is 1. The van der Waals surface area contributed by atoms with E-state index in [0.29, 0.717) is 18.9 Å². The predicted octanol–water partition coefficient (Wildman–Crippen LogP) is -1.77. The molecule has 0 radical (unpaired) electrons. The first-order chi connectivity index (χ1) is 12.7. The van der Waals surface area contributed by atoms with E-state index in [1.807, 2.05) is 48.5 Å². The van der Waals surface area contributed by atoms with Crippen molar-refractivity contribution in [1.82, 2.24) is 4.98 Å². The number of quaternary nitrogens is 1. The number of aliphatic carboxylic acids is 1. The number of nitrogens with zero attached hydrogens (tertiary/aromatic N) is 2. The van der Waals surface area contributed by atoms with E-state index in [9.17, 15) is 9.90 Å². The minimum Gasteiger partial charge on any atom is -1.00 e. The van der Waals surface area contributed by atoms with Gasteiger partial charge in [-0.25, -0.2) is 0 Å². The Morgan fingerprint density at radius 1 is 1.22 bits per heavy atom. The van der Waals surface area contributed by atoms with E-state index in [1.54, 1.807) is 6.20 Å². The third-order valence-corrected chi connectivity index (χ3v) is 4.62. The normalized spacial score (nSPS) is 19.8. The number of carboxylic acids is 1. The Kier molecular flexibility index (Phi) is 8.23. The van der Waals surface area contributed by atoms with Gasteiger partial charge in [0, 0.05) is 11.8 Å². The third-order valence-electron chi connectivity index (χ3n) is 4.62. The lowest BCUT2D eigenvalue weighted by Gasteiger charge is -2.27. The molecule has 0 bridgehead atoms. The van der Waals surface area contributed by atoms with Crippen LogP contribution >= 0.6 is 0 Å². The summed E-state index contributed by atoms with van der Waals surface area (Å²) in [5.41, 5.74) is 2.40. The number of nitrogens with one attached hydrogen (secondary N) is 1. The Balaban J connectivity index is 0.00000261. The number of pyridine rings is 1. The molecule has 1 saturated heterocycles. The van der Waals surface area contributed by atoms with Crippen LogP contribution in [0.2, 0.25) is 0 Å². The maximum absolute atomic E-state index is 11.2. The Morgan fingerprint density at radius 2 is 2.00 bits per heavy atom. The molecule has 6 nitrogen and oxygen atoms in total. The molecule has 1 aliphatic heterocycles. The molecule has 27 heavy (non-hydrogen) atoms. The number of benzene rings is 1. The lowest BCUT2D eigenvalue weighted by molar-refractivity contribution is -0.907. The smallest absolute Gasteiger partial charge is 0.312 e. The Hall–Kier alpha value is -2.44. The van der Waals surface area contributed by atoms with Gasteiger partial charge in [0.25, 0.3) is 0 Å². The Labute approximate surface area is 165 Å². The second-order valence-electron chi connectivity index (χ2n) is 6.49. The van der Waals surface area contributed by atoms with Gasteiger partial charge in [-0.2, -0.15) is 0 Å². The fourth-order valence-corrected chi connectivity index (χ4v) is 3.24. The number of carboxylic acid groups (broad SMARTS) is 1. The number of halogens is 1.